The van der Waals surface area contributed by atoms with Gasteiger partial charge in [-0.25, -0.2) is 0 Å². The predicted octanol–water partition coefficient (Wildman–Crippen LogP) is 7.81. The van der Waals surface area contributed by atoms with E-state index in [0.717, 1.165) is 71.2 Å². The number of carboxylic acid groups (broad SMARTS) is 1. The number of carbonyl (C=O) groups excluding carboxylic acids is 1. The van der Waals surface area contributed by atoms with E-state index in [-0.39, 0.29) is 51.7 Å². The first-order chi connectivity index (χ1) is 22.7. The van der Waals surface area contributed by atoms with Gasteiger partial charge in [0.15, 0.2) is 0 Å². The Morgan fingerprint density at radius 2 is 1.55 bits per heavy atom. The third-order valence-corrected chi connectivity index (χ3v) is 16.8. The van der Waals surface area contributed by atoms with E-state index in [1.807, 2.05) is 0 Å². The Labute approximate surface area is 298 Å². The first-order valence-electron chi connectivity index (χ1n) is 20.0. The van der Waals surface area contributed by atoms with Crippen molar-refractivity contribution in [3.05, 3.63) is 11.1 Å². The lowest BCUT2D eigenvalue weighted by Gasteiger charge is -2.72. The van der Waals surface area contributed by atoms with E-state index < -0.39 is 11.4 Å². The molecule has 7 heteroatoms. The zero-order chi connectivity index (χ0) is 35.9. The number of ether oxygens (including phenoxy) is 1. The van der Waals surface area contributed by atoms with Crippen LogP contribution in [0.5, 0.6) is 0 Å². The van der Waals surface area contributed by atoms with Gasteiger partial charge in [0.05, 0.1) is 17.9 Å². The molecule has 0 bridgehead atoms. The fourth-order valence-corrected chi connectivity index (χ4v) is 13.5. The maximum atomic E-state index is 13.1. The number of esters is 1. The molecule has 4 saturated carbocycles. The Hall–Kier alpha value is -1.44. The van der Waals surface area contributed by atoms with Gasteiger partial charge in [-0.2, -0.15) is 0 Å². The molecule has 49 heavy (non-hydrogen) atoms. The first-order valence-corrected chi connectivity index (χ1v) is 20.0. The topological polar surface area (TPSA) is 90.3 Å². The summed E-state index contributed by atoms with van der Waals surface area (Å²) in [5.74, 6) is 0.765. The minimum absolute atomic E-state index is 0.0729. The number of hydrogen-bond acceptors (Lipinski definition) is 6. The van der Waals surface area contributed by atoms with Gasteiger partial charge in [0.2, 0.25) is 0 Å². The Balaban J connectivity index is 1.26. The zero-order valence-electron chi connectivity index (χ0n) is 32.8. The van der Waals surface area contributed by atoms with Gasteiger partial charge in [-0.3, -0.25) is 14.5 Å². The maximum absolute atomic E-state index is 13.1. The first kappa shape index (κ1) is 37.3. The summed E-state index contributed by atoms with van der Waals surface area (Å²) < 4.78 is 6.19. The molecule has 0 aromatic rings. The third kappa shape index (κ3) is 5.77. The summed E-state index contributed by atoms with van der Waals surface area (Å²) in [5.41, 5.74) is 2.55. The van der Waals surface area contributed by atoms with Gasteiger partial charge in [0.1, 0.15) is 6.10 Å². The summed E-state index contributed by atoms with van der Waals surface area (Å²) in [6.45, 7) is 25.6. The number of carbonyl (C=O) groups is 2. The highest BCUT2D eigenvalue weighted by Gasteiger charge is 2.70. The number of hydrogen-bond donors (Lipinski definition) is 2. The Morgan fingerprint density at radius 3 is 2.18 bits per heavy atom. The summed E-state index contributed by atoms with van der Waals surface area (Å²) in [5, 5.41) is 21.9. The average molecular weight is 683 g/mol. The molecule has 7 nitrogen and oxygen atoms in total. The van der Waals surface area contributed by atoms with Crippen LogP contribution in [-0.2, 0) is 14.3 Å². The normalized spacial score (nSPS) is 41.8. The van der Waals surface area contributed by atoms with Crippen LogP contribution >= 0.6 is 0 Å². The molecule has 0 spiro atoms. The molecule has 0 aromatic carbocycles. The summed E-state index contributed by atoms with van der Waals surface area (Å²) in [7, 11) is 2.21. The smallest absolute Gasteiger partial charge is 0.309 e. The van der Waals surface area contributed by atoms with Crippen molar-refractivity contribution in [2.75, 3.05) is 39.8 Å². The predicted molar refractivity (Wildman–Crippen MR) is 195 cm³/mol. The van der Waals surface area contributed by atoms with E-state index in [1.165, 1.54) is 25.7 Å². The van der Waals surface area contributed by atoms with E-state index in [0.29, 0.717) is 23.7 Å². The molecule has 6 aliphatic rings. The van der Waals surface area contributed by atoms with Crippen LogP contribution in [0.2, 0.25) is 0 Å². The van der Waals surface area contributed by atoms with Gasteiger partial charge >= 0.3 is 11.9 Å². The SMILES string of the molecule is CC(C)C1=C2[C@H]3CC[C@@H]4[C@@]5(C)CC[C@H](OC(=O)CC(C)(C)C(=O)O)C(C)(C)[C@@H]5CC[C@@]4(C)[C@]3(C)CC[C@@]2([C@@H](O)CN2CCN(C)CC2)CC1. The van der Waals surface area contributed by atoms with Crippen molar-refractivity contribution in [2.24, 2.45) is 56.2 Å². The molecule has 0 unspecified atom stereocenters. The fraction of sp³-hybridized carbons (Fsp3) is 0.905. The Bertz CT molecular complexity index is 1330. The highest BCUT2D eigenvalue weighted by atomic mass is 16.5. The molecule has 6 rings (SSSR count). The lowest BCUT2D eigenvalue weighted by atomic mass is 9.33. The molecular formula is C42H70N2O5. The molecule has 1 saturated heterocycles. The van der Waals surface area contributed by atoms with Crippen LogP contribution in [0.1, 0.15) is 133 Å². The van der Waals surface area contributed by atoms with Crippen molar-refractivity contribution in [1.29, 1.82) is 0 Å². The zero-order valence-corrected chi connectivity index (χ0v) is 32.8. The number of carboxylic acids is 1. The molecule has 2 N–H and O–H groups in total. The molecule has 5 aliphatic carbocycles. The van der Waals surface area contributed by atoms with Crippen LogP contribution in [0.25, 0.3) is 0 Å². The average Bonchev–Trinajstić information content (AvgIpc) is 3.41. The number of aliphatic hydroxyl groups is 1. The number of nitrogens with zero attached hydrogens (tertiary/aromatic N) is 2. The Kier molecular flexibility index (Phi) is 9.60. The largest absolute Gasteiger partial charge is 0.481 e. The lowest BCUT2D eigenvalue weighted by molar-refractivity contribution is -0.235. The van der Waals surface area contributed by atoms with Crippen LogP contribution in [0, 0.1) is 56.2 Å². The van der Waals surface area contributed by atoms with E-state index in [1.54, 1.807) is 25.0 Å². The second kappa shape index (κ2) is 12.6. The molecule has 9 atom stereocenters. The number of aliphatic carboxylic acids is 1. The fourth-order valence-electron chi connectivity index (χ4n) is 13.5. The molecule has 1 aliphatic heterocycles. The van der Waals surface area contributed by atoms with Crippen molar-refractivity contribution in [3.63, 3.8) is 0 Å². The lowest BCUT2D eigenvalue weighted by Crippen LogP contribution is -2.66. The highest BCUT2D eigenvalue weighted by molar-refractivity contribution is 5.81. The summed E-state index contributed by atoms with van der Waals surface area (Å²) in [6, 6.07) is 0. The number of rotatable bonds is 8. The van der Waals surface area contributed by atoms with Gasteiger partial charge < -0.3 is 19.8 Å². The number of fused-ring (bicyclic) bond motifs is 7. The molecular weight excluding hydrogens is 612 g/mol. The van der Waals surface area contributed by atoms with Gasteiger partial charge in [0.25, 0.3) is 0 Å². The molecule has 5 fully saturated rings. The van der Waals surface area contributed by atoms with Crippen LogP contribution in [-0.4, -0.2) is 83.9 Å². The monoisotopic (exact) mass is 683 g/mol. The second-order valence-electron chi connectivity index (χ2n) is 20.2. The van der Waals surface area contributed by atoms with E-state index >= 15 is 0 Å². The third-order valence-electron chi connectivity index (χ3n) is 16.8. The molecule has 278 valence electrons. The van der Waals surface area contributed by atoms with Crippen molar-refractivity contribution < 1.29 is 24.5 Å². The summed E-state index contributed by atoms with van der Waals surface area (Å²) in [4.78, 5) is 29.7. The van der Waals surface area contributed by atoms with Gasteiger partial charge in [-0.15, -0.1) is 0 Å². The van der Waals surface area contributed by atoms with Crippen molar-refractivity contribution in [1.82, 2.24) is 9.80 Å². The van der Waals surface area contributed by atoms with Gasteiger partial charge in [0, 0.05) is 43.6 Å². The van der Waals surface area contributed by atoms with E-state index in [9.17, 15) is 19.8 Å². The van der Waals surface area contributed by atoms with Crippen molar-refractivity contribution >= 4 is 11.9 Å². The number of aliphatic hydroxyl groups excluding tert-OH is 1. The Morgan fingerprint density at radius 1 is 0.878 bits per heavy atom. The van der Waals surface area contributed by atoms with Crippen molar-refractivity contribution in [3.8, 4) is 0 Å². The maximum Gasteiger partial charge on any atom is 0.309 e. The highest BCUT2D eigenvalue weighted by Crippen LogP contribution is 2.77. The van der Waals surface area contributed by atoms with E-state index in [2.05, 4.69) is 65.3 Å². The molecule has 0 radical (unpaired) electrons. The van der Waals surface area contributed by atoms with Crippen LogP contribution < -0.4 is 0 Å². The standard InChI is InChI=1S/C42H70N2O5/c1-27(2)28-13-18-42(32(45)26-44-23-21-43(10)22-24-44)20-19-40(8)29(35(28)42)11-12-31-39(7)16-15-33(49-34(46)25-37(3,4)36(47)48)38(5,6)30(39)14-17-41(31,40)9/h27,29-33,45H,11-26H2,1-10H3,(H,47,48)/t29-,30+,31-,32+,33+,39+,40-,41-,42-/m1/s1. The minimum atomic E-state index is -1.13. The molecule has 0 aromatic heterocycles. The second-order valence-corrected chi connectivity index (χ2v) is 20.2. The van der Waals surface area contributed by atoms with E-state index in [4.69, 9.17) is 4.74 Å². The number of piperazine rings is 1. The molecule has 0 amide bonds. The summed E-state index contributed by atoms with van der Waals surface area (Å²) in [6.07, 6.45) is 10.7. The number of likely N-dealkylation sites (N-methyl/N-ethyl adjacent to an activating group) is 1. The number of β-amino-alcohol motifs (C(OH)–C–C–N with tert-alkyl or cyclic N) is 1. The van der Waals surface area contributed by atoms with Gasteiger partial charge in [-0.1, -0.05) is 59.6 Å². The van der Waals surface area contributed by atoms with Crippen LogP contribution in [0.4, 0.5) is 0 Å². The minimum Gasteiger partial charge on any atom is -0.481 e. The van der Waals surface area contributed by atoms with Crippen LogP contribution in [0.3, 0.4) is 0 Å². The number of allylic oxidation sites excluding steroid dienone is 1. The van der Waals surface area contributed by atoms with Gasteiger partial charge in [-0.05, 0) is 125 Å². The van der Waals surface area contributed by atoms with Crippen molar-refractivity contribution in [2.45, 2.75) is 145 Å². The molecule has 1 heterocycles. The van der Waals surface area contributed by atoms with Crippen LogP contribution in [0.15, 0.2) is 11.1 Å². The quantitative estimate of drug-likeness (QED) is 0.199. The summed E-state index contributed by atoms with van der Waals surface area (Å²) >= 11 is 0.